The second-order valence-electron chi connectivity index (χ2n) is 16.9. The highest BCUT2D eigenvalue weighted by Gasteiger charge is 2.70. The first-order chi connectivity index (χ1) is 22.5. The van der Waals surface area contributed by atoms with E-state index in [4.69, 9.17) is 6.42 Å². The quantitative estimate of drug-likeness (QED) is 0.169. The Morgan fingerprint density at radius 2 is 1.59 bits per heavy atom. The van der Waals surface area contributed by atoms with Crippen molar-refractivity contribution in [3.8, 4) is 12.3 Å². The van der Waals surface area contributed by atoms with E-state index < -0.39 is 73.2 Å². The standard InChI is InChI=1S/C36H59N5O7S/c1-11-13-17-24(27(42)30(44)37-20-12-2)38-29(43)26-25-23(35(25,9)10)21-41(26)31(45)28(33(3,4)5)39-32(46)40-36(18-15-14-16-19-36)22-49(47,48)34(6,7)8/h1,23-26,28H,12-22H2,2-10H3,(H,37,44)(H,38,43)(H2,39,40,46)/t23?,24?,25-,26-,28+/m0/s1. The minimum atomic E-state index is -3.57. The number of hydrogen-bond acceptors (Lipinski definition) is 7. The third kappa shape index (κ3) is 9.16. The molecule has 13 heteroatoms. The van der Waals surface area contributed by atoms with Crippen LogP contribution in [0.5, 0.6) is 0 Å². The van der Waals surface area contributed by atoms with E-state index in [0.717, 1.165) is 19.3 Å². The molecule has 3 fully saturated rings. The van der Waals surface area contributed by atoms with Gasteiger partial charge in [-0.25, -0.2) is 13.2 Å². The van der Waals surface area contributed by atoms with Crippen LogP contribution in [0, 0.1) is 35.0 Å². The van der Waals surface area contributed by atoms with Gasteiger partial charge in [0.05, 0.1) is 22.1 Å². The molecule has 4 N–H and O–H groups in total. The number of likely N-dealkylation sites (tertiary alicyclic amines) is 1. The predicted octanol–water partition coefficient (Wildman–Crippen LogP) is 3.09. The van der Waals surface area contributed by atoms with Crippen molar-refractivity contribution in [1.29, 1.82) is 0 Å². The van der Waals surface area contributed by atoms with Gasteiger partial charge in [0.15, 0.2) is 9.84 Å². The lowest BCUT2D eigenvalue weighted by molar-refractivity contribution is -0.145. The average Bonchev–Trinajstić information content (AvgIpc) is 3.30. The van der Waals surface area contributed by atoms with Crippen LogP contribution >= 0.6 is 0 Å². The number of sulfone groups is 1. The van der Waals surface area contributed by atoms with Gasteiger partial charge in [-0.3, -0.25) is 19.2 Å². The summed E-state index contributed by atoms with van der Waals surface area (Å²) >= 11 is 0. The number of nitrogens with zero attached hydrogens (tertiary/aromatic N) is 1. The van der Waals surface area contributed by atoms with Crippen LogP contribution in [0.4, 0.5) is 4.79 Å². The fraction of sp³-hybridized carbons (Fsp3) is 0.806. The Hall–Kier alpha value is -3.14. The summed E-state index contributed by atoms with van der Waals surface area (Å²) in [7, 11) is -3.57. The molecule has 0 aromatic rings. The van der Waals surface area contributed by atoms with Gasteiger partial charge >= 0.3 is 6.03 Å². The SMILES string of the molecule is C#CCCC(NC(=O)[C@@H]1[C@@H]2C(CN1C(=O)[C@@H](NC(=O)NC1(CS(=O)(=O)C(C)(C)C)CCCCC1)C(C)(C)C)C2(C)C)C(=O)C(=O)NCCC. The lowest BCUT2D eigenvalue weighted by atomic mass is 9.83. The minimum Gasteiger partial charge on any atom is -0.349 e. The number of fused-ring (bicyclic) bond motifs is 1. The molecule has 276 valence electrons. The molecule has 0 bridgehead atoms. The Balaban J connectivity index is 1.86. The van der Waals surface area contributed by atoms with Crippen LogP contribution in [0.15, 0.2) is 0 Å². The summed E-state index contributed by atoms with van der Waals surface area (Å²) in [5.41, 5.74) is -1.98. The maximum Gasteiger partial charge on any atom is 0.315 e. The fourth-order valence-corrected chi connectivity index (χ4v) is 8.91. The first kappa shape index (κ1) is 40.3. The van der Waals surface area contributed by atoms with Gasteiger partial charge < -0.3 is 26.2 Å². The van der Waals surface area contributed by atoms with E-state index in [1.165, 1.54) is 4.90 Å². The Morgan fingerprint density at radius 3 is 2.12 bits per heavy atom. The highest BCUT2D eigenvalue weighted by molar-refractivity contribution is 7.92. The lowest BCUT2D eigenvalue weighted by Crippen LogP contribution is -2.64. The predicted molar refractivity (Wildman–Crippen MR) is 189 cm³/mol. The molecule has 5 atom stereocenters. The molecule has 2 unspecified atom stereocenters. The second-order valence-corrected chi connectivity index (χ2v) is 19.7. The molecule has 0 aromatic carbocycles. The number of hydrogen-bond donors (Lipinski definition) is 4. The van der Waals surface area contributed by atoms with E-state index in [0.29, 0.717) is 25.8 Å². The normalized spacial score (nSPS) is 24.0. The van der Waals surface area contributed by atoms with Gasteiger partial charge in [-0.05, 0) is 69.1 Å². The zero-order chi connectivity index (χ0) is 37.2. The molecule has 3 rings (SSSR count). The van der Waals surface area contributed by atoms with Gasteiger partial charge in [0.25, 0.3) is 5.91 Å². The number of rotatable bonds is 13. The van der Waals surface area contributed by atoms with Crippen LogP contribution in [-0.4, -0.2) is 90.1 Å². The number of terminal acetylenes is 1. The highest BCUT2D eigenvalue weighted by Crippen LogP contribution is 2.65. The van der Waals surface area contributed by atoms with Crippen molar-refractivity contribution in [2.75, 3.05) is 18.8 Å². The number of Topliss-reactive ketones (excluding diaryl/α,β-unsaturated/α-hetero) is 1. The number of piperidine rings is 1. The molecule has 2 aliphatic carbocycles. The van der Waals surface area contributed by atoms with E-state index in [1.807, 2.05) is 41.5 Å². The molecule has 0 spiro atoms. The average molecular weight is 706 g/mol. The van der Waals surface area contributed by atoms with Gasteiger partial charge in [-0.1, -0.05) is 60.8 Å². The number of urea groups is 1. The summed E-state index contributed by atoms with van der Waals surface area (Å²) in [6.45, 7) is 16.9. The minimum absolute atomic E-state index is 0.0301. The molecule has 1 aliphatic heterocycles. The van der Waals surface area contributed by atoms with Crippen molar-refractivity contribution in [2.45, 2.75) is 142 Å². The lowest BCUT2D eigenvalue weighted by Gasteiger charge is -2.41. The van der Waals surface area contributed by atoms with Crippen LogP contribution in [0.2, 0.25) is 0 Å². The van der Waals surface area contributed by atoms with E-state index in [-0.39, 0.29) is 42.4 Å². The third-order valence-corrected chi connectivity index (χ3v) is 13.5. The molecule has 49 heavy (non-hydrogen) atoms. The van der Waals surface area contributed by atoms with Gasteiger partial charge in [-0.15, -0.1) is 12.3 Å². The fourth-order valence-electron chi connectivity index (χ4n) is 7.39. The smallest absolute Gasteiger partial charge is 0.315 e. The molecule has 2 saturated carbocycles. The van der Waals surface area contributed by atoms with E-state index in [9.17, 15) is 32.4 Å². The molecule has 1 heterocycles. The Morgan fingerprint density at radius 1 is 0.980 bits per heavy atom. The summed E-state index contributed by atoms with van der Waals surface area (Å²) in [4.78, 5) is 69.3. The first-order valence-electron chi connectivity index (χ1n) is 17.7. The van der Waals surface area contributed by atoms with Crippen molar-refractivity contribution in [3.63, 3.8) is 0 Å². The first-order valence-corrected chi connectivity index (χ1v) is 19.4. The Kier molecular flexibility index (Phi) is 12.3. The second kappa shape index (κ2) is 15.0. The molecule has 3 aliphatic rings. The Bertz CT molecular complexity index is 1430. The molecule has 5 amide bonds. The molecular weight excluding hydrogens is 646 g/mol. The summed E-state index contributed by atoms with van der Waals surface area (Å²) in [6.07, 6.45) is 9.81. The summed E-state index contributed by atoms with van der Waals surface area (Å²) in [5, 5.41) is 11.2. The summed E-state index contributed by atoms with van der Waals surface area (Å²) in [5.74, 6) is -0.489. The van der Waals surface area contributed by atoms with Crippen molar-refractivity contribution in [1.82, 2.24) is 26.2 Å². The van der Waals surface area contributed by atoms with Gasteiger partial charge in [0, 0.05) is 19.5 Å². The number of carbonyl (C=O) groups is 5. The molecule has 0 aromatic heterocycles. The summed E-state index contributed by atoms with van der Waals surface area (Å²) in [6, 6.07) is -3.77. The van der Waals surface area contributed by atoms with Gasteiger partial charge in [0.2, 0.25) is 17.6 Å². The van der Waals surface area contributed by atoms with E-state index in [1.54, 1.807) is 20.8 Å². The number of ketones is 1. The van der Waals surface area contributed by atoms with Gasteiger partial charge in [0.1, 0.15) is 12.1 Å². The monoisotopic (exact) mass is 705 g/mol. The maximum absolute atomic E-state index is 14.4. The van der Waals surface area contributed by atoms with E-state index >= 15 is 0 Å². The molecule has 0 radical (unpaired) electrons. The molecule has 12 nitrogen and oxygen atoms in total. The number of amides is 5. The molecule has 1 saturated heterocycles. The number of nitrogens with one attached hydrogen (secondary N) is 4. The summed E-state index contributed by atoms with van der Waals surface area (Å²) < 4.78 is 25.6. The number of carbonyl (C=O) groups excluding carboxylic acids is 5. The van der Waals surface area contributed by atoms with Crippen molar-refractivity contribution < 1.29 is 32.4 Å². The van der Waals surface area contributed by atoms with Gasteiger partial charge in [-0.2, -0.15) is 0 Å². The highest BCUT2D eigenvalue weighted by atomic mass is 32.2. The molecular formula is C36H59N5O7S. The van der Waals surface area contributed by atoms with Crippen LogP contribution in [0.3, 0.4) is 0 Å². The van der Waals surface area contributed by atoms with E-state index in [2.05, 4.69) is 27.2 Å². The maximum atomic E-state index is 14.4. The largest absolute Gasteiger partial charge is 0.349 e. The van der Waals surface area contributed by atoms with Crippen molar-refractivity contribution >= 4 is 39.4 Å². The van der Waals surface area contributed by atoms with Crippen LogP contribution in [0.1, 0.15) is 114 Å². The van der Waals surface area contributed by atoms with Crippen LogP contribution in [-0.2, 0) is 29.0 Å². The van der Waals surface area contributed by atoms with Crippen LogP contribution in [0.25, 0.3) is 0 Å². The van der Waals surface area contributed by atoms with Crippen molar-refractivity contribution in [3.05, 3.63) is 0 Å². The Labute approximate surface area is 293 Å². The van der Waals surface area contributed by atoms with Crippen molar-refractivity contribution in [2.24, 2.45) is 22.7 Å². The van der Waals surface area contributed by atoms with Crippen LogP contribution < -0.4 is 21.3 Å². The zero-order valence-electron chi connectivity index (χ0n) is 31.0. The third-order valence-electron chi connectivity index (χ3n) is 10.7. The topological polar surface area (TPSA) is 171 Å². The zero-order valence-corrected chi connectivity index (χ0v) is 31.8.